The van der Waals surface area contributed by atoms with E-state index in [1.807, 2.05) is 31.2 Å². The summed E-state index contributed by atoms with van der Waals surface area (Å²) in [6, 6.07) is 7.39. The van der Waals surface area contributed by atoms with Gasteiger partial charge >= 0.3 is 0 Å². The summed E-state index contributed by atoms with van der Waals surface area (Å²) in [5, 5.41) is 5.44. The van der Waals surface area contributed by atoms with E-state index in [1.54, 1.807) is 0 Å². The predicted molar refractivity (Wildman–Crippen MR) is 67.2 cm³/mol. The fourth-order valence-corrected chi connectivity index (χ4v) is 2.53. The van der Waals surface area contributed by atoms with Gasteiger partial charge in [-0.3, -0.25) is 20.2 Å². The lowest BCUT2D eigenvalue weighted by atomic mass is 10.1. The zero-order valence-corrected chi connectivity index (χ0v) is 11.0. The van der Waals surface area contributed by atoms with E-state index in [1.165, 1.54) is 0 Å². The molecule has 1 aromatic rings. The molecule has 1 aliphatic heterocycles. The van der Waals surface area contributed by atoms with Gasteiger partial charge in [0.2, 0.25) is 11.8 Å². The Balaban J connectivity index is 2.07. The van der Waals surface area contributed by atoms with Crippen LogP contribution in [0.15, 0.2) is 28.7 Å². The van der Waals surface area contributed by atoms with Crippen molar-refractivity contribution in [3.05, 3.63) is 34.3 Å². The first-order valence-electron chi connectivity index (χ1n) is 5.42. The van der Waals surface area contributed by atoms with Gasteiger partial charge < -0.3 is 0 Å². The number of carbonyl (C=O) groups excluding carboxylic acids is 2. The summed E-state index contributed by atoms with van der Waals surface area (Å²) in [5.41, 5.74) is 1.07. The Hall–Kier alpha value is -1.20. The molecular formula is C12H13BrN2O2. The molecule has 90 valence electrons. The molecule has 5 heteroatoms. The number of carbonyl (C=O) groups is 2. The molecule has 0 aromatic heterocycles. The van der Waals surface area contributed by atoms with Crippen LogP contribution in [-0.4, -0.2) is 17.9 Å². The van der Waals surface area contributed by atoms with Gasteiger partial charge in [-0.05, 0) is 18.6 Å². The molecule has 0 radical (unpaired) electrons. The summed E-state index contributed by atoms with van der Waals surface area (Å²) in [4.78, 5) is 22.5. The molecule has 0 aliphatic carbocycles. The van der Waals surface area contributed by atoms with Crippen molar-refractivity contribution in [1.29, 1.82) is 0 Å². The van der Waals surface area contributed by atoms with E-state index in [4.69, 9.17) is 0 Å². The zero-order chi connectivity index (χ0) is 12.4. The van der Waals surface area contributed by atoms with Crippen LogP contribution in [-0.2, 0) is 9.59 Å². The molecule has 1 fully saturated rings. The van der Waals surface area contributed by atoms with Crippen LogP contribution in [0.5, 0.6) is 0 Å². The maximum atomic E-state index is 11.4. The topological polar surface area (TPSA) is 58.2 Å². The van der Waals surface area contributed by atoms with Crippen molar-refractivity contribution in [2.24, 2.45) is 0 Å². The Morgan fingerprint density at radius 3 is 2.71 bits per heavy atom. The quantitative estimate of drug-likeness (QED) is 0.832. The van der Waals surface area contributed by atoms with Crippen molar-refractivity contribution in [3.63, 3.8) is 0 Å². The molecule has 2 amide bonds. The fraction of sp³-hybridized carbons (Fsp3) is 0.333. The van der Waals surface area contributed by atoms with Crippen molar-refractivity contribution < 1.29 is 9.59 Å². The lowest BCUT2D eigenvalue weighted by molar-refractivity contribution is -0.125. The number of hydrogen-bond donors (Lipinski definition) is 2. The van der Waals surface area contributed by atoms with Crippen molar-refractivity contribution in [1.82, 2.24) is 10.6 Å². The van der Waals surface area contributed by atoms with Gasteiger partial charge in [0.25, 0.3) is 0 Å². The molecule has 4 nitrogen and oxygen atoms in total. The molecule has 0 spiro atoms. The van der Waals surface area contributed by atoms with Gasteiger partial charge in [-0.25, -0.2) is 0 Å². The van der Waals surface area contributed by atoms with E-state index < -0.39 is 6.04 Å². The number of halogens is 1. The number of amides is 2. The van der Waals surface area contributed by atoms with Crippen molar-refractivity contribution in [2.75, 3.05) is 0 Å². The van der Waals surface area contributed by atoms with Gasteiger partial charge in [-0.15, -0.1) is 0 Å². The standard InChI is InChI=1S/C12H13BrN2O2/c1-7(8-4-2-3-5-9(8)13)14-10-6-11(16)15-12(10)17/h2-5,7,10,14H,6H2,1H3,(H,15,16,17)/t7-,10?/m0/s1. The van der Waals surface area contributed by atoms with Crippen LogP contribution in [0.4, 0.5) is 0 Å². The first-order valence-corrected chi connectivity index (χ1v) is 6.21. The Morgan fingerprint density at radius 2 is 2.12 bits per heavy atom. The lowest BCUT2D eigenvalue weighted by Gasteiger charge is -2.18. The minimum Gasteiger partial charge on any atom is -0.299 e. The number of hydrogen-bond acceptors (Lipinski definition) is 3. The summed E-state index contributed by atoms with van der Waals surface area (Å²) in [6.45, 7) is 1.97. The van der Waals surface area contributed by atoms with Crippen LogP contribution in [0.2, 0.25) is 0 Å². The average Bonchev–Trinajstić information content (AvgIpc) is 2.58. The largest absolute Gasteiger partial charge is 0.299 e. The molecule has 1 saturated heterocycles. The van der Waals surface area contributed by atoms with Crippen LogP contribution < -0.4 is 10.6 Å². The van der Waals surface area contributed by atoms with Crippen LogP contribution in [0.1, 0.15) is 24.9 Å². The third kappa shape index (κ3) is 2.73. The monoisotopic (exact) mass is 296 g/mol. The average molecular weight is 297 g/mol. The Bertz CT molecular complexity index is 462. The second-order valence-electron chi connectivity index (χ2n) is 4.08. The van der Waals surface area contributed by atoms with E-state index >= 15 is 0 Å². The minimum atomic E-state index is -0.426. The van der Waals surface area contributed by atoms with E-state index in [0.29, 0.717) is 0 Å². The van der Waals surface area contributed by atoms with Crippen molar-refractivity contribution >= 4 is 27.7 Å². The summed E-state index contributed by atoms with van der Waals surface area (Å²) in [5.74, 6) is -0.458. The highest BCUT2D eigenvalue weighted by molar-refractivity contribution is 9.10. The molecule has 2 rings (SSSR count). The number of benzene rings is 1. The van der Waals surface area contributed by atoms with Crippen molar-refractivity contribution in [3.8, 4) is 0 Å². The molecule has 1 heterocycles. The van der Waals surface area contributed by atoms with E-state index in [2.05, 4.69) is 26.6 Å². The fourth-order valence-electron chi connectivity index (χ4n) is 1.91. The molecule has 0 bridgehead atoms. The molecular weight excluding hydrogens is 284 g/mol. The van der Waals surface area contributed by atoms with E-state index in [9.17, 15) is 9.59 Å². The first kappa shape index (κ1) is 12.3. The molecule has 1 aromatic carbocycles. The third-order valence-electron chi connectivity index (χ3n) is 2.79. The summed E-state index contributed by atoms with van der Waals surface area (Å²) in [6.07, 6.45) is 0.216. The molecule has 2 N–H and O–H groups in total. The summed E-state index contributed by atoms with van der Waals surface area (Å²) in [7, 11) is 0. The van der Waals surface area contributed by atoms with Crippen LogP contribution >= 0.6 is 15.9 Å². The van der Waals surface area contributed by atoms with Gasteiger partial charge in [0.05, 0.1) is 12.5 Å². The Labute approximate surface area is 108 Å². The molecule has 2 atom stereocenters. The second-order valence-corrected chi connectivity index (χ2v) is 4.93. The lowest BCUT2D eigenvalue weighted by Crippen LogP contribution is -2.37. The number of nitrogens with one attached hydrogen (secondary N) is 2. The normalized spacial score (nSPS) is 21.4. The SMILES string of the molecule is C[C@H](NC1CC(=O)NC1=O)c1ccccc1Br. The molecule has 1 aliphatic rings. The Morgan fingerprint density at radius 1 is 1.41 bits per heavy atom. The van der Waals surface area contributed by atoms with Gasteiger partial charge in [-0.2, -0.15) is 0 Å². The third-order valence-corrected chi connectivity index (χ3v) is 3.51. The second kappa shape index (κ2) is 4.98. The van der Waals surface area contributed by atoms with Crippen molar-refractivity contribution in [2.45, 2.75) is 25.4 Å². The Kier molecular flexibility index (Phi) is 3.59. The van der Waals surface area contributed by atoms with E-state index in [-0.39, 0.29) is 24.3 Å². The molecule has 1 unspecified atom stereocenters. The van der Waals surface area contributed by atoms with Crippen LogP contribution in [0.3, 0.4) is 0 Å². The molecule has 0 saturated carbocycles. The number of rotatable bonds is 3. The first-order chi connectivity index (χ1) is 8.08. The smallest absolute Gasteiger partial charge is 0.244 e. The summed E-state index contributed by atoms with van der Waals surface area (Å²) >= 11 is 3.47. The van der Waals surface area contributed by atoms with Crippen LogP contribution in [0, 0.1) is 0 Å². The highest BCUT2D eigenvalue weighted by Gasteiger charge is 2.31. The minimum absolute atomic E-state index is 0.00669. The van der Waals surface area contributed by atoms with Gasteiger partial charge in [0, 0.05) is 10.5 Å². The van der Waals surface area contributed by atoms with Crippen LogP contribution in [0.25, 0.3) is 0 Å². The summed E-state index contributed by atoms with van der Waals surface area (Å²) < 4.78 is 0.990. The maximum Gasteiger partial charge on any atom is 0.244 e. The highest BCUT2D eigenvalue weighted by atomic mass is 79.9. The van der Waals surface area contributed by atoms with Gasteiger partial charge in [-0.1, -0.05) is 34.1 Å². The van der Waals surface area contributed by atoms with Gasteiger partial charge in [0.1, 0.15) is 0 Å². The van der Waals surface area contributed by atoms with Gasteiger partial charge in [0.15, 0.2) is 0 Å². The zero-order valence-electron chi connectivity index (χ0n) is 9.37. The molecule has 17 heavy (non-hydrogen) atoms. The van der Waals surface area contributed by atoms with E-state index in [0.717, 1.165) is 10.0 Å². The number of imide groups is 1. The highest BCUT2D eigenvalue weighted by Crippen LogP contribution is 2.23. The maximum absolute atomic E-state index is 11.4. The predicted octanol–water partition coefficient (Wildman–Crippen LogP) is 1.51.